The molecule has 0 saturated heterocycles. The molecule has 0 fully saturated rings. The summed E-state index contributed by atoms with van der Waals surface area (Å²) >= 11 is 5.95. The van der Waals surface area contributed by atoms with Crippen molar-refractivity contribution in [2.24, 2.45) is 0 Å². The monoisotopic (exact) mass is 269 g/mol. The Labute approximate surface area is 111 Å². The molecule has 18 heavy (non-hydrogen) atoms. The first-order valence-corrected chi connectivity index (χ1v) is 6.12. The van der Waals surface area contributed by atoms with E-state index in [2.05, 4.69) is 5.32 Å². The first-order valence-electron chi connectivity index (χ1n) is 5.74. The van der Waals surface area contributed by atoms with E-state index in [0.717, 1.165) is 6.42 Å². The van der Waals surface area contributed by atoms with Gasteiger partial charge in [-0.1, -0.05) is 18.5 Å². The van der Waals surface area contributed by atoms with Crippen LogP contribution in [0.4, 0.5) is 0 Å². The minimum absolute atomic E-state index is 0.0656. The van der Waals surface area contributed by atoms with Gasteiger partial charge in [-0.15, -0.1) is 0 Å². The van der Waals surface area contributed by atoms with Crippen molar-refractivity contribution < 1.29 is 14.3 Å². The van der Waals surface area contributed by atoms with Crippen molar-refractivity contribution in [3.8, 4) is 5.75 Å². The fourth-order valence-corrected chi connectivity index (χ4v) is 1.53. The van der Waals surface area contributed by atoms with Gasteiger partial charge in [-0.2, -0.15) is 0 Å². The van der Waals surface area contributed by atoms with Crippen LogP contribution in [0.2, 0.25) is 5.02 Å². The highest BCUT2D eigenvalue weighted by Crippen LogP contribution is 2.25. The molecule has 1 aromatic carbocycles. The molecule has 1 aromatic rings. The van der Waals surface area contributed by atoms with Crippen molar-refractivity contribution in [2.45, 2.75) is 20.3 Å². The van der Waals surface area contributed by atoms with E-state index >= 15 is 0 Å². The van der Waals surface area contributed by atoms with Crippen LogP contribution in [-0.2, 0) is 4.79 Å². The summed E-state index contributed by atoms with van der Waals surface area (Å²) in [4.78, 5) is 22.5. The van der Waals surface area contributed by atoms with Crippen LogP contribution in [-0.4, -0.2) is 24.8 Å². The number of carbonyl (C=O) groups is 2. The Morgan fingerprint density at radius 1 is 1.39 bits per heavy atom. The molecule has 0 saturated carbocycles. The molecule has 0 atom stereocenters. The van der Waals surface area contributed by atoms with E-state index in [1.807, 2.05) is 6.92 Å². The average molecular weight is 270 g/mol. The molecule has 1 rings (SSSR count). The van der Waals surface area contributed by atoms with Gasteiger partial charge < -0.3 is 10.1 Å². The largest absolute Gasteiger partial charge is 0.482 e. The van der Waals surface area contributed by atoms with Crippen molar-refractivity contribution in [1.82, 2.24) is 5.32 Å². The normalized spacial score (nSPS) is 9.94. The van der Waals surface area contributed by atoms with E-state index in [1.54, 1.807) is 12.1 Å². The number of ether oxygens (including phenoxy) is 1. The molecule has 0 spiro atoms. The lowest BCUT2D eigenvalue weighted by molar-refractivity contribution is -0.123. The summed E-state index contributed by atoms with van der Waals surface area (Å²) < 4.78 is 5.28. The third-order valence-electron chi connectivity index (χ3n) is 2.27. The van der Waals surface area contributed by atoms with Gasteiger partial charge in [-0.3, -0.25) is 9.59 Å². The molecule has 0 radical (unpaired) electrons. The highest BCUT2D eigenvalue weighted by Gasteiger charge is 2.08. The SMILES string of the molecule is CCCNC(=O)COc1ccc(C(C)=O)cc1Cl. The molecule has 4 nitrogen and oxygen atoms in total. The fourth-order valence-electron chi connectivity index (χ4n) is 1.30. The van der Waals surface area contributed by atoms with Crippen LogP contribution in [0.3, 0.4) is 0 Å². The summed E-state index contributed by atoms with van der Waals surface area (Å²) in [6.45, 7) is 3.97. The molecule has 0 aromatic heterocycles. The number of hydrogen-bond donors (Lipinski definition) is 1. The van der Waals surface area contributed by atoms with Gasteiger partial charge in [0.2, 0.25) is 0 Å². The lowest BCUT2D eigenvalue weighted by Crippen LogP contribution is -2.29. The third kappa shape index (κ3) is 4.37. The molecule has 0 aliphatic heterocycles. The average Bonchev–Trinajstić information content (AvgIpc) is 2.34. The van der Waals surface area contributed by atoms with Crippen molar-refractivity contribution in [2.75, 3.05) is 13.2 Å². The number of amides is 1. The standard InChI is InChI=1S/C13H16ClNO3/c1-3-6-15-13(17)8-18-12-5-4-10(9(2)16)7-11(12)14/h4-5,7H,3,6,8H2,1-2H3,(H,15,17). The molecule has 0 heterocycles. The Hall–Kier alpha value is -1.55. The molecule has 0 bridgehead atoms. The zero-order valence-corrected chi connectivity index (χ0v) is 11.2. The molecule has 0 aliphatic rings. The van der Waals surface area contributed by atoms with Crippen LogP contribution in [0.5, 0.6) is 5.75 Å². The van der Waals surface area contributed by atoms with Gasteiger partial charge in [0.05, 0.1) is 5.02 Å². The topological polar surface area (TPSA) is 55.4 Å². The van der Waals surface area contributed by atoms with Gasteiger partial charge in [-0.05, 0) is 31.5 Å². The number of hydrogen-bond acceptors (Lipinski definition) is 3. The van der Waals surface area contributed by atoms with Crippen LogP contribution in [0.15, 0.2) is 18.2 Å². The smallest absolute Gasteiger partial charge is 0.257 e. The predicted octanol–water partition coefficient (Wildman–Crippen LogP) is 2.45. The molecule has 98 valence electrons. The van der Waals surface area contributed by atoms with Crippen molar-refractivity contribution in [1.29, 1.82) is 0 Å². The second-order valence-electron chi connectivity index (χ2n) is 3.84. The van der Waals surface area contributed by atoms with E-state index in [1.165, 1.54) is 13.0 Å². The van der Waals surface area contributed by atoms with E-state index in [0.29, 0.717) is 22.9 Å². The van der Waals surface area contributed by atoms with E-state index < -0.39 is 0 Å². The number of halogens is 1. The molecule has 0 aliphatic carbocycles. The van der Waals surface area contributed by atoms with Gasteiger partial charge in [0, 0.05) is 12.1 Å². The van der Waals surface area contributed by atoms with Gasteiger partial charge in [0.1, 0.15) is 5.75 Å². The number of rotatable bonds is 6. The van der Waals surface area contributed by atoms with Crippen molar-refractivity contribution in [3.05, 3.63) is 28.8 Å². The second kappa shape index (κ2) is 7.01. The summed E-state index contributed by atoms with van der Waals surface area (Å²) in [5.41, 5.74) is 0.516. The van der Waals surface area contributed by atoms with E-state index in [4.69, 9.17) is 16.3 Å². The van der Waals surface area contributed by atoms with E-state index in [-0.39, 0.29) is 18.3 Å². The number of carbonyl (C=O) groups excluding carboxylic acids is 2. The predicted molar refractivity (Wildman–Crippen MR) is 70.3 cm³/mol. The lowest BCUT2D eigenvalue weighted by Gasteiger charge is -2.08. The van der Waals surface area contributed by atoms with Crippen LogP contribution >= 0.6 is 11.6 Å². The van der Waals surface area contributed by atoms with Gasteiger partial charge in [0.25, 0.3) is 5.91 Å². The molecule has 5 heteroatoms. The maximum atomic E-state index is 11.3. The van der Waals surface area contributed by atoms with Gasteiger partial charge in [-0.25, -0.2) is 0 Å². The highest BCUT2D eigenvalue weighted by atomic mass is 35.5. The van der Waals surface area contributed by atoms with Crippen LogP contribution in [0, 0.1) is 0 Å². The fraction of sp³-hybridized carbons (Fsp3) is 0.385. The quantitative estimate of drug-likeness (QED) is 0.807. The van der Waals surface area contributed by atoms with Crippen LogP contribution in [0.1, 0.15) is 30.6 Å². The zero-order valence-electron chi connectivity index (χ0n) is 10.5. The Morgan fingerprint density at radius 2 is 2.11 bits per heavy atom. The van der Waals surface area contributed by atoms with Crippen LogP contribution in [0.25, 0.3) is 0 Å². The lowest BCUT2D eigenvalue weighted by atomic mass is 10.1. The highest BCUT2D eigenvalue weighted by molar-refractivity contribution is 6.32. The Balaban J connectivity index is 2.58. The summed E-state index contributed by atoms with van der Waals surface area (Å²) in [5, 5.41) is 3.02. The van der Waals surface area contributed by atoms with Gasteiger partial charge in [0.15, 0.2) is 12.4 Å². The van der Waals surface area contributed by atoms with Crippen LogP contribution < -0.4 is 10.1 Å². The number of Topliss-reactive ketones (excluding diaryl/α,β-unsaturated/α-hetero) is 1. The Kier molecular flexibility index (Phi) is 5.65. The third-order valence-corrected chi connectivity index (χ3v) is 2.56. The summed E-state index contributed by atoms with van der Waals surface area (Å²) in [6.07, 6.45) is 0.875. The number of nitrogens with one attached hydrogen (secondary N) is 1. The molecular weight excluding hydrogens is 254 g/mol. The Bertz CT molecular complexity index is 446. The molecular formula is C13H16ClNO3. The summed E-state index contributed by atoms with van der Waals surface area (Å²) in [5.74, 6) is 0.140. The first kappa shape index (κ1) is 14.5. The minimum Gasteiger partial charge on any atom is -0.482 e. The first-order chi connectivity index (χ1) is 8.54. The Morgan fingerprint density at radius 3 is 2.67 bits per heavy atom. The summed E-state index contributed by atoms with van der Waals surface area (Å²) in [6, 6.07) is 4.74. The minimum atomic E-state index is -0.191. The molecule has 1 amide bonds. The maximum Gasteiger partial charge on any atom is 0.257 e. The maximum absolute atomic E-state index is 11.3. The van der Waals surface area contributed by atoms with Gasteiger partial charge >= 0.3 is 0 Å². The summed E-state index contributed by atoms with van der Waals surface area (Å²) in [7, 11) is 0. The number of ketones is 1. The van der Waals surface area contributed by atoms with Crippen molar-refractivity contribution >= 4 is 23.3 Å². The molecule has 1 N–H and O–H groups in total. The van der Waals surface area contributed by atoms with Crippen molar-refractivity contribution in [3.63, 3.8) is 0 Å². The molecule has 0 unspecified atom stereocenters. The second-order valence-corrected chi connectivity index (χ2v) is 4.25. The van der Waals surface area contributed by atoms with E-state index in [9.17, 15) is 9.59 Å². The number of benzene rings is 1. The zero-order chi connectivity index (χ0) is 13.5.